The van der Waals surface area contributed by atoms with E-state index in [9.17, 15) is 9.18 Å². The van der Waals surface area contributed by atoms with E-state index in [0.717, 1.165) is 11.1 Å². The van der Waals surface area contributed by atoms with Crippen molar-refractivity contribution >= 4 is 23.3 Å². The highest BCUT2D eigenvalue weighted by molar-refractivity contribution is 6.33. The van der Waals surface area contributed by atoms with Gasteiger partial charge in [0.25, 0.3) is 5.91 Å². The number of aromatic nitrogens is 4. The molecule has 0 radical (unpaired) electrons. The summed E-state index contributed by atoms with van der Waals surface area (Å²) in [7, 11) is 0. The van der Waals surface area contributed by atoms with Gasteiger partial charge in [0, 0.05) is 24.2 Å². The van der Waals surface area contributed by atoms with E-state index in [2.05, 4.69) is 15.5 Å². The minimum Gasteiger partial charge on any atom is -0.304 e. The summed E-state index contributed by atoms with van der Waals surface area (Å²) in [5.41, 5.74) is 2.18. The van der Waals surface area contributed by atoms with Crippen LogP contribution in [0.2, 0.25) is 5.02 Å². The van der Waals surface area contributed by atoms with Crippen LogP contribution in [0.1, 0.15) is 21.5 Å². The second kappa shape index (κ2) is 8.28. The van der Waals surface area contributed by atoms with Gasteiger partial charge in [-0.25, -0.2) is 4.39 Å². The number of benzene rings is 2. The van der Waals surface area contributed by atoms with Crippen molar-refractivity contribution < 1.29 is 9.18 Å². The minimum atomic E-state index is -0.315. The molecule has 8 heteroatoms. The van der Waals surface area contributed by atoms with E-state index in [0.29, 0.717) is 23.7 Å². The van der Waals surface area contributed by atoms with Crippen molar-refractivity contribution in [3.63, 3.8) is 0 Å². The van der Waals surface area contributed by atoms with Gasteiger partial charge in [0.05, 0.1) is 13.1 Å². The maximum Gasteiger partial charge on any atom is 0.256 e. The minimum absolute atomic E-state index is 0.255. The first-order valence-corrected chi connectivity index (χ1v) is 9.30. The lowest BCUT2D eigenvalue weighted by atomic mass is 10.1. The molecular formula is C21H17ClFN5O. The maximum atomic E-state index is 13.3. The Morgan fingerprint density at radius 3 is 2.55 bits per heavy atom. The van der Waals surface area contributed by atoms with Gasteiger partial charge in [-0.1, -0.05) is 35.9 Å². The number of anilines is 1. The maximum absolute atomic E-state index is 13.3. The quantitative estimate of drug-likeness (QED) is 0.518. The van der Waals surface area contributed by atoms with Gasteiger partial charge in [0.1, 0.15) is 10.8 Å². The topological polar surface area (TPSA) is 64.7 Å². The number of carbonyl (C=O) groups excluding carboxylic acids is 1. The molecule has 0 saturated carbocycles. The van der Waals surface area contributed by atoms with E-state index in [1.54, 1.807) is 46.0 Å². The highest BCUT2D eigenvalue weighted by atomic mass is 35.5. The zero-order valence-electron chi connectivity index (χ0n) is 15.3. The Bertz CT molecular complexity index is 1140. The SMILES string of the molecule is O=C(Nc1nn(Cc2cccc(F)c2)cc1Cl)c1cccc(Cn2cccn2)c1. The van der Waals surface area contributed by atoms with Crippen molar-refractivity contribution in [1.29, 1.82) is 0 Å². The van der Waals surface area contributed by atoms with Crippen LogP contribution in [0.25, 0.3) is 0 Å². The fourth-order valence-corrected chi connectivity index (χ4v) is 3.15. The molecule has 6 nitrogen and oxygen atoms in total. The lowest BCUT2D eigenvalue weighted by molar-refractivity contribution is 0.102. The number of halogens is 2. The molecule has 0 spiro atoms. The van der Waals surface area contributed by atoms with Gasteiger partial charge in [0.15, 0.2) is 5.82 Å². The zero-order chi connectivity index (χ0) is 20.2. The van der Waals surface area contributed by atoms with Gasteiger partial charge >= 0.3 is 0 Å². The third-order valence-corrected chi connectivity index (χ3v) is 4.55. The summed E-state index contributed by atoms with van der Waals surface area (Å²) in [6.07, 6.45) is 5.16. The average molecular weight is 410 g/mol. The highest BCUT2D eigenvalue weighted by Crippen LogP contribution is 2.21. The number of nitrogens with zero attached hydrogens (tertiary/aromatic N) is 4. The van der Waals surface area contributed by atoms with E-state index >= 15 is 0 Å². The Hall–Kier alpha value is -3.45. The number of carbonyl (C=O) groups is 1. The van der Waals surface area contributed by atoms with Gasteiger partial charge in [0.2, 0.25) is 0 Å². The molecule has 4 aromatic rings. The molecule has 0 aliphatic heterocycles. The van der Waals surface area contributed by atoms with E-state index in [-0.39, 0.29) is 17.5 Å². The first-order valence-electron chi connectivity index (χ1n) is 8.92. The zero-order valence-corrected chi connectivity index (χ0v) is 16.1. The van der Waals surface area contributed by atoms with Crippen LogP contribution in [0.3, 0.4) is 0 Å². The summed E-state index contributed by atoms with van der Waals surface area (Å²) in [5.74, 6) is -0.375. The molecule has 2 aromatic heterocycles. The van der Waals surface area contributed by atoms with Crippen LogP contribution < -0.4 is 5.32 Å². The molecule has 0 unspecified atom stereocenters. The van der Waals surface area contributed by atoms with Crippen LogP contribution in [0.5, 0.6) is 0 Å². The van der Waals surface area contributed by atoms with Crippen molar-refractivity contribution in [2.45, 2.75) is 13.1 Å². The number of rotatable bonds is 6. The Kier molecular flexibility index (Phi) is 5.39. The van der Waals surface area contributed by atoms with Crippen LogP contribution >= 0.6 is 11.6 Å². The summed E-state index contributed by atoms with van der Waals surface area (Å²) in [5, 5.41) is 11.5. The van der Waals surface area contributed by atoms with Crippen molar-refractivity contribution in [3.05, 3.63) is 101 Å². The number of amides is 1. The molecule has 2 heterocycles. The molecule has 0 fully saturated rings. The Morgan fingerprint density at radius 2 is 1.79 bits per heavy atom. The molecule has 0 atom stereocenters. The van der Waals surface area contributed by atoms with Gasteiger partial charge < -0.3 is 5.32 Å². The summed E-state index contributed by atoms with van der Waals surface area (Å²) in [6, 6.07) is 15.4. The second-order valence-electron chi connectivity index (χ2n) is 6.51. The molecule has 0 bridgehead atoms. The smallest absolute Gasteiger partial charge is 0.256 e. The Morgan fingerprint density at radius 1 is 1.03 bits per heavy atom. The summed E-state index contributed by atoms with van der Waals surface area (Å²) < 4.78 is 16.7. The third kappa shape index (κ3) is 4.70. The number of nitrogens with one attached hydrogen (secondary N) is 1. The molecule has 0 aliphatic rings. The fourth-order valence-electron chi connectivity index (χ4n) is 2.96. The lowest BCUT2D eigenvalue weighted by Gasteiger charge is -2.06. The molecule has 29 heavy (non-hydrogen) atoms. The summed E-state index contributed by atoms with van der Waals surface area (Å²) in [6.45, 7) is 0.907. The van der Waals surface area contributed by atoms with Crippen LogP contribution in [-0.2, 0) is 13.1 Å². The van der Waals surface area contributed by atoms with Crippen LogP contribution in [0.15, 0.2) is 73.2 Å². The summed E-state index contributed by atoms with van der Waals surface area (Å²) in [4.78, 5) is 12.6. The van der Waals surface area contributed by atoms with Crippen molar-refractivity contribution in [3.8, 4) is 0 Å². The number of hydrogen-bond acceptors (Lipinski definition) is 3. The van der Waals surface area contributed by atoms with Crippen LogP contribution in [-0.4, -0.2) is 25.5 Å². The predicted octanol–water partition coefficient (Wildman–Crippen LogP) is 4.22. The monoisotopic (exact) mass is 409 g/mol. The molecule has 1 N–H and O–H groups in total. The molecular weight excluding hydrogens is 393 g/mol. The molecule has 0 aliphatic carbocycles. The van der Waals surface area contributed by atoms with Crippen LogP contribution in [0, 0.1) is 5.82 Å². The third-order valence-electron chi connectivity index (χ3n) is 4.28. The second-order valence-corrected chi connectivity index (χ2v) is 6.92. The fraction of sp³-hybridized carbons (Fsp3) is 0.0952. The molecule has 0 saturated heterocycles. The largest absolute Gasteiger partial charge is 0.304 e. The predicted molar refractivity (Wildman–Crippen MR) is 108 cm³/mol. The van der Waals surface area contributed by atoms with Gasteiger partial charge in [-0.05, 0) is 41.5 Å². The highest BCUT2D eigenvalue weighted by Gasteiger charge is 2.13. The average Bonchev–Trinajstić information content (AvgIpc) is 3.32. The number of hydrogen-bond donors (Lipinski definition) is 1. The van der Waals surface area contributed by atoms with Gasteiger partial charge in [-0.2, -0.15) is 10.2 Å². The van der Waals surface area contributed by atoms with Gasteiger partial charge in [-0.15, -0.1) is 0 Å². The Labute approximate surface area is 171 Å². The first kappa shape index (κ1) is 18.9. The van der Waals surface area contributed by atoms with Crippen LogP contribution in [0.4, 0.5) is 10.2 Å². The van der Waals surface area contributed by atoms with Crippen molar-refractivity contribution in [1.82, 2.24) is 19.6 Å². The molecule has 4 rings (SSSR count). The van der Waals surface area contributed by atoms with Crippen molar-refractivity contribution in [2.24, 2.45) is 0 Å². The van der Waals surface area contributed by atoms with Gasteiger partial charge in [-0.3, -0.25) is 14.2 Å². The molecule has 1 amide bonds. The lowest BCUT2D eigenvalue weighted by Crippen LogP contribution is -2.14. The van der Waals surface area contributed by atoms with E-state index in [1.165, 1.54) is 12.1 Å². The van der Waals surface area contributed by atoms with Crippen molar-refractivity contribution in [2.75, 3.05) is 5.32 Å². The summed E-state index contributed by atoms with van der Waals surface area (Å²) >= 11 is 6.22. The van der Waals surface area contributed by atoms with E-state index in [1.807, 2.05) is 24.4 Å². The van der Waals surface area contributed by atoms with E-state index in [4.69, 9.17) is 11.6 Å². The Balaban J connectivity index is 1.46. The molecule has 2 aromatic carbocycles. The van der Waals surface area contributed by atoms with E-state index < -0.39 is 0 Å². The first-order chi connectivity index (χ1) is 14.1. The standard InChI is InChI=1S/C21H17ClFN5O/c22-19-14-28(13-16-5-2-7-18(23)11-16)26-20(19)25-21(29)17-6-1-4-15(10-17)12-27-9-3-8-24-27/h1-11,14H,12-13H2,(H,25,26,29). The molecule has 146 valence electrons. The normalized spacial score (nSPS) is 10.8.